The Bertz CT molecular complexity index is 963. The number of imide groups is 1. The van der Waals surface area contributed by atoms with Crippen molar-refractivity contribution in [2.75, 3.05) is 10.2 Å². The molecule has 0 aromatic heterocycles. The topological polar surface area (TPSA) is 78.9 Å². The van der Waals surface area contributed by atoms with Crippen molar-refractivity contribution in [2.24, 2.45) is 0 Å². The lowest BCUT2D eigenvalue weighted by molar-refractivity contribution is -0.274. The number of alkyl halides is 3. The number of phenolic OH excluding ortho intramolecular Hbond substituents is 1. The van der Waals surface area contributed by atoms with E-state index in [1.54, 1.807) is 0 Å². The van der Waals surface area contributed by atoms with Crippen LogP contribution in [0.4, 0.5) is 33.3 Å². The molecule has 2 aromatic carbocycles. The van der Waals surface area contributed by atoms with E-state index in [0.717, 1.165) is 30.3 Å². The number of ether oxygens (including phenoxy) is 1. The maximum atomic E-state index is 13.4. The Morgan fingerprint density at radius 1 is 1.00 bits per heavy atom. The molecule has 1 aliphatic heterocycles. The van der Waals surface area contributed by atoms with Crippen LogP contribution in [0.1, 0.15) is 0 Å². The molecule has 11 heteroatoms. The predicted octanol–water partition coefficient (Wildman–Crippen LogP) is 3.44. The standard InChI is InChI=1S/C17H9F5N2O4/c18-11-5-8(6-12(19)15(11)26)23-13-7-14(25)24(16(13)27)9-1-3-10(4-2-9)28-17(20,21)22/h1-7,23,26H. The van der Waals surface area contributed by atoms with Crippen LogP contribution in [0.2, 0.25) is 0 Å². The van der Waals surface area contributed by atoms with E-state index in [1.165, 1.54) is 0 Å². The Hall–Kier alpha value is -3.63. The average molecular weight is 400 g/mol. The Labute approximate surface area is 153 Å². The van der Waals surface area contributed by atoms with Crippen LogP contribution < -0.4 is 15.0 Å². The SMILES string of the molecule is O=C1C=C(Nc2cc(F)c(O)c(F)c2)C(=O)N1c1ccc(OC(F)(F)F)cc1. The number of hydrogen-bond donors (Lipinski definition) is 2. The minimum Gasteiger partial charge on any atom is -0.503 e. The number of nitrogens with zero attached hydrogens (tertiary/aromatic N) is 1. The summed E-state index contributed by atoms with van der Waals surface area (Å²) in [7, 11) is 0. The zero-order valence-electron chi connectivity index (χ0n) is 13.6. The van der Waals surface area contributed by atoms with Crippen LogP contribution in [0.25, 0.3) is 0 Å². The van der Waals surface area contributed by atoms with Crippen molar-refractivity contribution in [1.29, 1.82) is 0 Å². The first-order chi connectivity index (χ1) is 13.0. The molecule has 0 aliphatic carbocycles. The quantitative estimate of drug-likeness (QED) is 0.467. The van der Waals surface area contributed by atoms with Gasteiger partial charge in [-0.05, 0) is 24.3 Å². The number of phenols is 1. The fraction of sp³-hybridized carbons (Fsp3) is 0.0588. The lowest BCUT2D eigenvalue weighted by atomic mass is 10.2. The van der Waals surface area contributed by atoms with E-state index < -0.39 is 41.3 Å². The molecule has 2 aromatic rings. The van der Waals surface area contributed by atoms with Crippen LogP contribution in [0.5, 0.6) is 11.5 Å². The summed E-state index contributed by atoms with van der Waals surface area (Å²) >= 11 is 0. The summed E-state index contributed by atoms with van der Waals surface area (Å²) in [6.07, 6.45) is -4.04. The van der Waals surface area contributed by atoms with E-state index in [0.29, 0.717) is 17.0 Å². The minimum atomic E-state index is -4.89. The fourth-order valence-electron chi connectivity index (χ4n) is 2.39. The monoisotopic (exact) mass is 400 g/mol. The van der Waals surface area contributed by atoms with Crippen LogP contribution in [0.3, 0.4) is 0 Å². The van der Waals surface area contributed by atoms with Gasteiger partial charge in [0.2, 0.25) is 0 Å². The van der Waals surface area contributed by atoms with Gasteiger partial charge in [-0.15, -0.1) is 13.2 Å². The number of nitrogens with one attached hydrogen (secondary N) is 1. The van der Waals surface area contributed by atoms with Crippen molar-refractivity contribution in [3.05, 3.63) is 59.8 Å². The lowest BCUT2D eigenvalue weighted by Gasteiger charge is -2.16. The van der Waals surface area contributed by atoms with E-state index in [9.17, 15) is 31.5 Å². The molecule has 0 bridgehead atoms. The van der Waals surface area contributed by atoms with Gasteiger partial charge in [0.15, 0.2) is 17.4 Å². The molecule has 1 heterocycles. The molecule has 0 radical (unpaired) electrons. The zero-order chi connectivity index (χ0) is 20.6. The summed E-state index contributed by atoms with van der Waals surface area (Å²) in [5.41, 5.74) is -0.610. The smallest absolute Gasteiger partial charge is 0.503 e. The normalized spacial score (nSPS) is 14.3. The van der Waals surface area contributed by atoms with Gasteiger partial charge in [0.05, 0.1) is 5.69 Å². The van der Waals surface area contributed by atoms with E-state index in [4.69, 9.17) is 5.11 Å². The van der Waals surface area contributed by atoms with Crippen molar-refractivity contribution in [3.63, 3.8) is 0 Å². The highest BCUT2D eigenvalue weighted by molar-refractivity contribution is 6.31. The summed E-state index contributed by atoms with van der Waals surface area (Å²) in [6, 6.07) is 5.38. The second-order valence-corrected chi connectivity index (χ2v) is 5.49. The van der Waals surface area contributed by atoms with E-state index >= 15 is 0 Å². The van der Waals surface area contributed by atoms with Gasteiger partial charge in [0.25, 0.3) is 11.8 Å². The number of amides is 2. The highest BCUT2D eigenvalue weighted by atomic mass is 19.4. The van der Waals surface area contributed by atoms with Gasteiger partial charge in [-0.25, -0.2) is 13.7 Å². The molecule has 0 saturated carbocycles. The number of carbonyl (C=O) groups excluding carboxylic acids is 2. The molecule has 2 N–H and O–H groups in total. The molecule has 3 rings (SSSR count). The highest BCUT2D eigenvalue weighted by Gasteiger charge is 2.34. The summed E-state index contributed by atoms with van der Waals surface area (Å²) in [4.78, 5) is 25.1. The van der Waals surface area contributed by atoms with E-state index in [1.807, 2.05) is 0 Å². The molecule has 1 aliphatic rings. The summed E-state index contributed by atoms with van der Waals surface area (Å²) in [5, 5.41) is 11.4. The maximum absolute atomic E-state index is 13.4. The Balaban J connectivity index is 1.78. The third kappa shape index (κ3) is 3.87. The maximum Gasteiger partial charge on any atom is 0.573 e. The molecule has 146 valence electrons. The number of halogens is 5. The first-order valence-electron chi connectivity index (χ1n) is 7.46. The molecule has 0 atom stereocenters. The number of hydrogen-bond acceptors (Lipinski definition) is 5. The first kappa shape index (κ1) is 19.1. The molecule has 2 amide bonds. The number of aromatic hydroxyl groups is 1. The van der Waals surface area contributed by atoms with Crippen LogP contribution in [-0.4, -0.2) is 23.3 Å². The highest BCUT2D eigenvalue weighted by Crippen LogP contribution is 2.29. The minimum absolute atomic E-state index is 0.0411. The molecule has 28 heavy (non-hydrogen) atoms. The van der Waals surface area contributed by atoms with Crippen molar-refractivity contribution >= 4 is 23.2 Å². The van der Waals surface area contributed by atoms with Crippen molar-refractivity contribution < 1.29 is 41.4 Å². The fourth-order valence-corrected chi connectivity index (χ4v) is 2.39. The second kappa shape index (κ2) is 6.83. The third-order valence-electron chi connectivity index (χ3n) is 3.55. The Kier molecular flexibility index (Phi) is 4.67. The molecular formula is C17H9F5N2O4. The summed E-state index contributed by atoms with van der Waals surface area (Å²) in [5.74, 6) is -6.03. The summed E-state index contributed by atoms with van der Waals surface area (Å²) < 4.78 is 67.0. The van der Waals surface area contributed by atoms with E-state index in [-0.39, 0.29) is 17.1 Å². The Morgan fingerprint density at radius 2 is 1.57 bits per heavy atom. The molecular weight excluding hydrogens is 391 g/mol. The zero-order valence-corrected chi connectivity index (χ0v) is 13.6. The first-order valence-corrected chi connectivity index (χ1v) is 7.46. The molecule has 0 saturated heterocycles. The number of rotatable bonds is 4. The van der Waals surface area contributed by atoms with Gasteiger partial charge in [-0.2, -0.15) is 0 Å². The number of anilines is 2. The van der Waals surface area contributed by atoms with Gasteiger partial charge < -0.3 is 15.2 Å². The van der Waals surface area contributed by atoms with Crippen molar-refractivity contribution in [3.8, 4) is 11.5 Å². The third-order valence-corrected chi connectivity index (χ3v) is 3.55. The number of carbonyl (C=O) groups is 2. The van der Waals surface area contributed by atoms with Gasteiger partial charge in [-0.1, -0.05) is 0 Å². The largest absolute Gasteiger partial charge is 0.573 e. The molecule has 6 nitrogen and oxygen atoms in total. The van der Waals surface area contributed by atoms with Crippen LogP contribution >= 0.6 is 0 Å². The van der Waals surface area contributed by atoms with Crippen LogP contribution in [0, 0.1) is 11.6 Å². The van der Waals surface area contributed by atoms with Crippen LogP contribution in [0.15, 0.2) is 48.2 Å². The molecule has 0 fully saturated rings. The average Bonchev–Trinajstić information content (AvgIpc) is 2.86. The molecule has 0 unspecified atom stereocenters. The van der Waals surface area contributed by atoms with Crippen LogP contribution in [-0.2, 0) is 9.59 Å². The van der Waals surface area contributed by atoms with Crippen molar-refractivity contribution in [2.45, 2.75) is 6.36 Å². The number of benzene rings is 2. The van der Waals surface area contributed by atoms with Gasteiger partial charge >= 0.3 is 6.36 Å². The van der Waals surface area contributed by atoms with Gasteiger partial charge in [-0.3, -0.25) is 9.59 Å². The second-order valence-electron chi connectivity index (χ2n) is 5.49. The lowest BCUT2D eigenvalue weighted by Crippen LogP contribution is -2.31. The van der Waals surface area contributed by atoms with Gasteiger partial charge in [0, 0.05) is 23.9 Å². The molecule has 0 spiro atoms. The van der Waals surface area contributed by atoms with E-state index in [2.05, 4.69) is 10.1 Å². The van der Waals surface area contributed by atoms with Crippen molar-refractivity contribution in [1.82, 2.24) is 0 Å². The van der Waals surface area contributed by atoms with Gasteiger partial charge in [0.1, 0.15) is 11.4 Å². The predicted molar refractivity (Wildman–Crippen MR) is 85.3 cm³/mol. The summed E-state index contributed by atoms with van der Waals surface area (Å²) in [6.45, 7) is 0. The Morgan fingerprint density at radius 3 is 2.11 bits per heavy atom.